The molecule has 0 spiro atoms. The molecule has 0 saturated carbocycles. The Morgan fingerprint density at radius 3 is 2.34 bits per heavy atom. The zero-order chi connectivity index (χ0) is 24.6. The number of nitrogens with zero attached hydrogens (tertiary/aromatic N) is 1. The van der Waals surface area contributed by atoms with Crippen molar-refractivity contribution < 1.29 is 28.5 Å². The molecule has 0 unspecified atom stereocenters. The van der Waals surface area contributed by atoms with Crippen molar-refractivity contribution >= 4 is 34.8 Å². The van der Waals surface area contributed by atoms with E-state index < -0.39 is 0 Å². The lowest BCUT2D eigenvalue weighted by atomic mass is 10.2. The van der Waals surface area contributed by atoms with Crippen molar-refractivity contribution in [3.63, 3.8) is 0 Å². The van der Waals surface area contributed by atoms with Crippen LogP contribution in [0.25, 0.3) is 0 Å². The van der Waals surface area contributed by atoms with Gasteiger partial charge in [0.05, 0.1) is 18.8 Å². The predicted octanol–water partition coefficient (Wildman–Crippen LogP) is 4.56. The fourth-order valence-electron chi connectivity index (χ4n) is 3.46. The lowest BCUT2D eigenvalue weighted by Crippen LogP contribution is -2.41. The Morgan fingerprint density at radius 2 is 1.63 bits per heavy atom. The van der Waals surface area contributed by atoms with Crippen molar-refractivity contribution in [3.8, 4) is 23.0 Å². The van der Waals surface area contributed by atoms with E-state index >= 15 is 0 Å². The second-order valence-corrected chi connectivity index (χ2v) is 8.00. The lowest BCUT2D eigenvalue weighted by molar-refractivity contribution is -0.121. The third kappa shape index (κ3) is 6.58. The SMILES string of the molecule is CCOc1ccc(OCC(=O)Nc2ccc3c(c2)N(CCOc2ccc(Cl)cc2)C(=O)CO3)cc1. The first kappa shape index (κ1) is 24.2. The van der Waals surface area contributed by atoms with Crippen LogP contribution in [0, 0.1) is 0 Å². The molecule has 9 heteroatoms. The van der Waals surface area contributed by atoms with Crippen LogP contribution in [-0.4, -0.2) is 44.8 Å². The highest BCUT2D eigenvalue weighted by Crippen LogP contribution is 2.34. The van der Waals surface area contributed by atoms with Gasteiger partial charge in [0.1, 0.15) is 29.6 Å². The molecular weight excluding hydrogens is 472 g/mol. The Balaban J connectivity index is 1.35. The third-order valence-corrected chi connectivity index (χ3v) is 5.34. The first-order valence-corrected chi connectivity index (χ1v) is 11.5. The van der Waals surface area contributed by atoms with Gasteiger partial charge in [-0.1, -0.05) is 11.6 Å². The zero-order valence-corrected chi connectivity index (χ0v) is 19.9. The molecular formula is C26H25ClN2O6. The molecule has 0 radical (unpaired) electrons. The number of rotatable bonds is 10. The summed E-state index contributed by atoms with van der Waals surface area (Å²) in [5.41, 5.74) is 1.08. The van der Waals surface area contributed by atoms with Crippen LogP contribution in [0.5, 0.6) is 23.0 Å². The number of fused-ring (bicyclic) bond motifs is 1. The van der Waals surface area contributed by atoms with E-state index in [2.05, 4.69) is 5.32 Å². The van der Waals surface area contributed by atoms with Gasteiger partial charge in [0.2, 0.25) is 0 Å². The van der Waals surface area contributed by atoms with Crippen molar-refractivity contribution in [1.82, 2.24) is 0 Å². The summed E-state index contributed by atoms with van der Waals surface area (Å²) in [6.45, 7) is 2.85. The van der Waals surface area contributed by atoms with E-state index in [1.165, 1.54) is 0 Å². The number of benzene rings is 3. The van der Waals surface area contributed by atoms with E-state index in [9.17, 15) is 9.59 Å². The number of hydrogen-bond donors (Lipinski definition) is 1. The summed E-state index contributed by atoms with van der Waals surface area (Å²) in [6.07, 6.45) is 0. The fraction of sp³-hybridized carbons (Fsp3) is 0.231. The Bertz CT molecular complexity index is 1170. The number of carbonyl (C=O) groups excluding carboxylic acids is 2. The van der Waals surface area contributed by atoms with Crippen LogP contribution in [0.2, 0.25) is 5.02 Å². The van der Waals surface area contributed by atoms with Gasteiger partial charge in [-0.25, -0.2) is 0 Å². The molecule has 0 aromatic heterocycles. The largest absolute Gasteiger partial charge is 0.494 e. The molecule has 1 heterocycles. The average Bonchev–Trinajstić information content (AvgIpc) is 2.86. The molecule has 3 aromatic rings. The van der Waals surface area contributed by atoms with Gasteiger partial charge in [0.25, 0.3) is 11.8 Å². The summed E-state index contributed by atoms with van der Waals surface area (Å²) in [5, 5.41) is 3.41. The smallest absolute Gasteiger partial charge is 0.265 e. The number of anilines is 2. The topological polar surface area (TPSA) is 86.3 Å². The van der Waals surface area contributed by atoms with E-state index in [-0.39, 0.29) is 31.6 Å². The zero-order valence-electron chi connectivity index (χ0n) is 19.2. The fourth-order valence-corrected chi connectivity index (χ4v) is 3.58. The van der Waals surface area contributed by atoms with Crippen molar-refractivity contribution in [1.29, 1.82) is 0 Å². The lowest BCUT2D eigenvalue weighted by Gasteiger charge is -2.29. The van der Waals surface area contributed by atoms with Crippen LogP contribution >= 0.6 is 11.6 Å². The number of ether oxygens (including phenoxy) is 4. The molecule has 8 nitrogen and oxygen atoms in total. The molecule has 4 rings (SSSR count). The van der Waals surface area contributed by atoms with Crippen molar-refractivity contribution in [2.45, 2.75) is 6.92 Å². The van der Waals surface area contributed by atoms with Gasteiger partial charge in [-0.15, -0.1) is 0 Å². The maximum atomic E-state index is 12.5. The minimum atomic E-state index is -0.334. The molecule has 0 bridgehead atoms. The van der Waals surface area contributed by atoms with Crippen LogP contribution in [-0.2, 0) is 9.59 Å². The van der Waals surface area contributed by atoms with E-state index in [1.54, 1.807) is 71.6 Å². The Kier molecular flexibility index (Phi) is 7.95. The first-order valence-electron chi connectivity index (χ1n) is 11.1. The summed E-state index contributed by atoms with van der Waals surface area (Å²) in [7, 11) is 0. The molecule has 0 fully saturated rings. The summed E-state index contributed by atoms with van der Waals surface area (Å²) in [6, 6.07) is 19.2. The second-order valence-electron chi connectivity index (χ2n) is 7.56. The highest BCUT2D eigenvalue weighted by molar-refractivity contribution is 6.30. The molecule has 0 saturated heterocycles. The first-order chi connectivity index (χ1) is 17.0. The molecule has 2 amide bonds. The average molecular weight is 497 g/mol. The normalized spacial score (nSPS) is 12.4. The number of carbonyl (C=O) groups is 2. The minimum Gasteiger partial charge on any atom is -0.494 e. The van der Waals surface area contributed by atoms with Crippen molar-refractivity contribution in [3.05, 3.63) is 71.8 Å². The standard InChI is InChI=1S/C26H25ClN2O6/c1-2-32-20-8-10-22(11-9-20)34-16-25(30)28-19-5-12-24-23(15-19)29(26(31)17-35-24)13-14-33-21-6-3-18(27)4-7-21/h3-12,15H,2,13-14,16-17H2,1H3,(H,28,30). The molecule has 35 heavy (non-hydrogen) atoms. The highest BCUT2D eigenvalue weighted by Gasteiger charge is 2.26. The molecule has 1 aliphatic heterocycles. The monoisotopic (exact) mass is 496 g/mol. The summed E-state index contributed by atoms with van der Waals surface area (Å²) < 4.78 is 22.2. The number of amides is 2. The van der Waals surface area contributed by atoms with E-state index in [0.29, 0.717) is 46.8 Å². The minimum absolute atomic E-state index is 0.0599. The maximum Gasteiger partial charge on any atom is 0.265 e. The van der Waals surface area contributed by atoms with Crippen LogP contribution in [0.4, 0.5) is 11.4 Å². The molecule has 1 N–H and O–H groups in total. The quantitative estimate of drug-likeness (QED) is 0.443. The molecule has 0 atom stereocenters. The van der Waals surface area contributed by atoms with E-state index in [0.717, 1.165) is 5.75 Å². The summed E-state index contributed by atoms with van der Waals surface area (Å²) in [5.74, 6) is 1.97. The van der Waals surface area contributed by atoms with Crippen LogP contribution < -0.4 is 29.2 Å². The van der Waals surface area contributed by atoms with Crippen molar-refractivity contribution in [2.75, 3.05) is 43.2 Å². The number of hydrogen-bond acceptors (Lipinski definition) is 6. The van der Waals surface area contributed by atoms with E-state index in [4.69, 9.17) is 30.5 Å². The molecule has 0 aliphatic carbocycles. The van der Waals surface area contributed by atoms with Gasteiger partial charge in [-0.05, 0) is 73.7 Å². The van der Waals surface area contributed by atoms with Crippen LogP contribution in [0.15, 0.2) is 66.7 Å². The van der Waals surface area contributed by atoms with Crippen LogP contribution in [0.1, 0.15) is 6.92 Å². The molecule has 1 aliphatic rings. The van der Waals surface area contributed by atoms with Gasteiger partial charge in [-0.3, -0.25) is 9.59 Å². The van der Waals surface area contributed by atoms with Gasteiger partial charge in [0.15, 0.2) is 13.2 Å². The Hall–Kier alpha value is -3.91. The summed E-state index contributed by atoms with van der Waals surface area (Å²) >= 11 is 5.90. The van der Waals surface area contributed by atoms with Gasteiger partial charge >= 0.3 is 0 Å². The predicted molar refractivity (Wildman–Crippen MR) is 133 cm³/mol. The van der Waals surface area contributed by atoms with Gasteiger partial charge in [-0.2, -0.15) is 0 Å². The van der Waals surface area contributed by atoms with E-state index in [1.807, 2.05) is 6.92 Å². The second kappa shape index (κ2) is 11.5. The summed E-state index contributed by atoms with van der Waals surface area (Å²) in [4.78, 5) is 26.5. The maximum absolute atomic E-state index is 12.5. The van der Waals surface area contributed by atoms with Crippen molar-refractivity contribution in [2.24, 2.45) is 0 Å². The highest BCUT2D eigenvalue weighted by atomic mass is 35.5. The van der Waals surface area contributed by atoms with Crippen LogP contribution in [0.3, 0.4) is 0 Å². The van der Waals surface area contributed by atoms with Gasteiger partial charge < -0.3 is 29.2 Å². The molecule has 182 valence electrons. The molecule has 3 aromatic carbocycles. The number of halogens is 1. The Labute approximate surface area is 208 Å². The number of nitrogens with one attached hydrogen (secondary N) is 1. The third-order valence-electron chi connectivity index (χ3n) is 5.09. The van der Waals surface area contributed by atoms with Gasteiger partial charge in [0, 0.05) is 10.7 Å². The Morgan fingerprint density at radius 1 is 0.971 bits per heavy atom.